The van der Waals surface area contributed by atoms with Crippen LogP contribution in [0.25, 0.3) is 0 Å². The Morgan fingerprint density at radius 2 is 1.86 bits per heavy atom. The standard InChI is InChI=1S/C21H27F3N4S/c1-25-20(26-13-16-4-6-18(7-5-16)21(22,23)24)27-14-17-8-10-28(11-9-17)15-19-3-2-12-29-19/h2-7,12,17H,8-11,13-15H2,1H3,(H2,25,26,27). The van der Waals surface area contributed by atoms with Crippen molar-refractivity contribution in [2.75, 3.05) is 26.7 Å². The molecule has 1 aromatic carbocycles. The average Bonchev–Trinajstić information content (AvgIpc) is 3.22. The summed E-state index contributed by atoms with van der Waals surface area (Å²) in [5.41, 5.74) is 0.150. The molecule has 0 amide bonds. The van der Waals surface area contributed by atoms with Gasteiger partial charge in [0.2, 0.25) is 0 Å². The lowest BCUT2D eigenvalue weighted by Crippen LogP contribution is -2.42. The van der Waals surface area contributed by atoms with E-state index < -0.39 is 11.7 Å². The lowest BCUT2D eigenvalue weighted by atomic mass is 9.97. The van der Waals surface area contributed by atoms with Gasteiger partial charge in [-0.3, -0.25) is 9.89 Å². The summed E-state index contributed by atoms with van der Waals surface area (Å²) in [6.07, 6.45) is -2.01. The summed E-state index contributed by atoms with van der Waals surface area (Å²) < 4.78 is 37.9. The molecule has 0 bridgehead atoms. The van der Waals surface area contributed by atoms with Crippen molar-refractivity contribution >= 4 is 17.3 Å². The highest BCUT2D eigenvalue weighted by Gasteiger charge is 2.29. The maximum absolute atomic E-state index is 12.6. The Bertz CT molecular complexity index is 764. The molecule has 8 heteroatoms. The zero-order chi connectivity index (χ0) is 20.7. The molecule has 0 aliphatic carbocycles. The second-order valence-corrected chi connectivity index (χ2v) is 8.33. The molecule has 1 aliphatic rings. The van der Waals surface area contributed by atoms with Gasteiger partial charge in [0.25, 0.3) is 0 Å². The van der Waals surface area contributed by atoms with Gasteiger partial charge in [-0.2, -0.15) is 13.2 Å². The predicted octanol–water partition coefficient (Wildman–Crippen LogP) is 4.34. The van der Waals surface area contributed by atoms with Crippen LogP contribution >= 0.6 is 11.3 Å². The van der Waals surface area contributed by atoms with Crippen molar-refractivity contribution in [1.29, 1.82) is 0 Å². The molecular formula is C21H27F3N4S. The number of alkyl halides is 3. The first-order chi connectivity index (χ1) is 13.9. The van der Waals surface area contributed by atoms with Crippen LogP contribution in [0.1, 0.15) is 28.8 Å². The molecule has 1 aromatic heterocycles. The van der Waals surface area contributed by atoms with Gasteiger partial charge < -0.3 is 10.6 Å². The molecular weight excluding hydrogens is 397 g/mol. The van der Waals surface area contributed by atoms with Crippen molar-refractivity contribution in [3.63, 3.8) is 0 Å². The Morgan fingerprint density at radius 1 is 1.14 bits per heavy atom. The van der Waals surface area contributed by atoms with Crippen LogP contribution < -0.4 is 10.6 Å². The minimum Gasteiger partial charge on any atom is -0.356 e. The van der Waals surface area contributed by atoms with E-state index in [0.29, 0.717) is 18.4 Å². The van der Waals surface area contributed by atoms with Crippen molar-refractivity contribution in [2.24, 2.45) is 10.9 Å². The third-order valence-electron chi connectivity index (χ3n) is 5.19. The van der Waals surface area contributed by atoms with Crippen LogP contribution in [-0.2, 0) is 19.3 Å². The van der Waals surface area contributed by atoms with Gasteiger partial charge in [0, 0.05) is 31.6 Å². The van der Waals surface area contributed by atoms with Crippen LogP contribution in [0.5, 0.6) is 0 Å². The molecule has 1 saturated heterocycles. The number of piperidine rings is 1. The van der Waals surface area contributed by atoms with Gasteiger partial charge in [-0.05, 0) is 61.0 Å². The number of hydrogen-bond donors (Lipinski definition) is 2. The number of nitrogens with zero attached hydrogens (tertiary/aromatic N) is 2. The van der Waals surface area contributed by atoms with E-state index in [4.69, 9.17) is 0 Å². The monoisotopic (exact) mass is 424 g/mol. The smallest absolute Gasteiger partial charge is 0.356 e. The maximum Gasteiger partial charge on any atom is 0.416 e. The zero-order valence-electron chi connectivity index (χ0n) is 16.5. The number of likely N-dealkylation sites (tertiary alicyclic amines) is 1. The van der Waals surface area contributed by atoms with E-state index in [0.717, 1.165) is 56.7 Å². The summed E-state index contributed by atoms with van der Waals surface area (Å²) in [5, 5.41) is 8.64. The van der Waals surface area contributed by atoms with E-state index in [1.807, 2.05) is 0 Å². The molecule has 0 atom stereocenters. The number of halogens is 3. The van der Waals surface area contributed by atoms with Crippen LogP contribution in [0.2, 0.25) is 0 Å². The van der Waals surface area contributed by atoms with E-state index in [2.05, 4.69) is 38.0 Å². The van der Waals surface area contributed by atoms with Gasteiger partial charge in [0.1, 0.15) is 0 Å². The van der Waals surface area contributed by atoms with Gasteiger partial charge in [-0.25, -0.2) is 0 Å². The molecule has 158 valence electrons. The quantitative estimate of drug-likeness (QED) is 0.535. The summed E-state index contributed by atoms with van der Waals surface area (Å²) in [5.74, 6) is 1.27. The SMILES string of the molecule is CN=C(NCc1ccc(C(F)(F)F)cc1)NCC1CCN(Cc2cccs2)CC1. The summed E-state index contributed by atoms with van der Waals surface area (Å²) in [6.45, 7) is 4.51. The Morgan fingerprint density at radius 3 is 2.45 bits per heavy atom. The molecule has 0 radical (unpaired) electrons. The largest absolute Gasteiger partial charge is 0.416 e. The van der Waals surface area contributed by atoms with Crippen molar-refractivity contribution in [3.05, 3.63) is 57.8 Å². The molecule has 1 aliphatic heterocycles. The lowest BCUT2D eigenvalue weighted by Gasteiger charge is -2.32. The average molecular weight is 425 g/mol. The van der Waals surface area contributed by atoms with E-state index in [9.17, 15) is 13.2 Å². The third-order valence-corrected chi connectivity index (χ3v) is 6.05. The predicted molar refractivity (Wildman–Crippen MR) is 112 cm³/mol. The van der Waals surface area contributed by atoms with E-state index in [1.165, 1.54) is 17.0 Å². The molecule has 3 rings (SSSR count). The number of hydrogen-bond acceptors (Lipinski definition) is 3. The molecule has 2 heterocycles. The summed E-state index contributed by atoms with van der Waals surface area (Å²) in [4.78, 5) is 8.13. The Hall–Kier alpha value is -2.06. The molecule has 29 heavy (non-hydrogen) atoms. The Labute approximate surface area is 173 Å². The summed E-state index contributed by atoms with van der Waals surface area (Å²) >= 11 is 1.81. The molecule has 2 N–H and O–H groups in total. The highest BCUT2D eigenvalue weighted by atomic mass is 32.1. The summed E-state index contributed by atoms with van der Waals surface area (Å²) in [6, 6.07) is 9.48. The van der Waals surface area contributed by atoms with E-state index in [1.54, 1.807) is 18.4 Å². The normalized spacial score (nSPS) is 16.8. The molecule has 2 aromatic rings. The number of benzene rings is 1. The first-order valence-electron chi connectivity index (χ1n) is 9.79. The fourth-order valence-corrected chi connectivity index (χ4v) is 4.18. The van der Waals surface area contributed by atoms with E-state index >= 15 is 0 Å². The first-order valence-corrected chi connectivity index (χ1v) is 10.7. The summed E-state index contributed by atoms with van der Waals surface area (Å²) in [7, 11) is 1.70. The van der Waals surface area contributed by atoms with Crippen LogP contribution in [0.15, 0.2) is 46.8 Å². The second-order valence-electron chi connectivity index (χ2n) is 7.30. The van der Waals surface area contributed by atoms with Crippen molar-refractivity contribution in [2.45, 2.75) is 32.1 Å². The fourth-order valence-electron chi connectivity index (χ4n) is 3.43. The topological polar surface area (TPSA) is 39.7 Å². The number of guanidine groups is 1. The molecule has 0 unspecified atom stereocenters. The highest BCUT2D eigenvalue weighted by Crippen LogP contribution is 2.29. The van der Waals surface area contributed by atoms with Crippen LogP contribution in [0, 0.1) is 5.92 Å². The molecule has 0 saturated carbocycles. The number of aliphatic imine (C=N–C) groups is 1. The number of thiophene rings is 1. The highest BCUT2D eigenvalue weighted by molar-refractivity contribution is 7.09. The van der Waals surface area contributed by atoms with Crippen LogP contribution in [0.3, 0.4) is 0 Å². The van der Waals surface area contributed by atoms with Gasteiger partial charge in [-0.1, -0.05) is 18.2 Å². The number of nitrogens with one attached hydrogen (secondary N) is 2. The lowest BCUT2D eigenvalue weighted by molar-refractivity contribution is -0.137. The molecule has 0 spiro atoms. The minimum atomic E-state index is -4.30. The fraction of sp³-hybridized carbons (Fsp3) is 0.476. The first kappa shape index (κ1) is 21.6. The van der Waals surface area contributed by atoms with Crippen molar-refractivity contribution in [1.82, 2.24) is 15.5 Å². The number of rotatable bonds is 6. The Kier molecular flexibility index (Phi) is 7.55. The zero-order valence-corrected chi connectivity index (χ0v) is 17.3. The second kappa shape index (κ2) is 10.1. The molecule has 1 fully saturated rings. The van der Waals surface area contributed by atoms with Crippen molar-refractivity contribution in [3.8, 4) is 0 Å². The maximum atomic E-state index is 12.6. The van der Waals surface area contributed by atoms with Gasteiger partial charge in [-0.15, -0.1) is 11.3 Å². The van der Waals surface area contributed by atoms with Crippen molar-refractivity contribution < 1.29 is 13.2 Å². The minimum absolute atomic E-state index is 0.428. The van der Waals surface area contributed by atoms with Gasteiger partial charge in [0.05, 0.1) is 5.56 Å². The Balaban J connectivity index is 1.37. The van der Waals surface area contributed by atoms with Crippen LogP contribution in [0.4, 0.5) is 13.2 Å². The van der Waals surface area contributed by atoms with E-state index in [-0.39, 0.29) is 0 Å². The van der Waals surface area contributed by atoms with Gasteiger partial charge in [0.15, 0.2) is 5.96 Å². The van der Waals surface area contributed by atoms with Crippen LogP contribution in [-0.4, -0.2) is 37.5 Å². The third kappa shape index (κ3) is 6.75. The van der Waals surface area contributed by atoms with Gasteiger partial charge >= 0.3 is 6.18 Å². The molecule has 4 nitrogen and oxygen atoms in total.